The maximum atomic E-state index is 9.00. The van der Waals surface area contributed by atoms with Crippen LogP contribution in [0.5, 0.6) is 0 Å². The van der Waals surface area contributed by atoms with Gasteiger partial charge in [-0.15, -0.1) is 0 Å². The molecule has 3 heteroatoms. The van der Waals surface area contributed by atoms with E-state index < -0.39 is 7.12 Å². The Hall–Kier alpha value is -0.0151. The highest BCUT2D eigenvalue weighted by Crippen LogP contribution is 2.58. The maximum Gasteiger partial charge on any atom is 0.458 e. The van der Waals surface area contributed by atoms with Crippen LogP contribution in [-0.2, 0) is 0 Å². The van der Waals surface area contributed by atoms with Gasteiger partial charge in [0.2, 0.25) is 0 Å². The van der Waals surface area contributed by atoms with E-state index in [1.54, 1.807) is 0 Å². The predicted molar refractivity (Wildman–Crippen MR) is 46.3 cm³/mol. The molecule has 0 aromatic heterocycles. The van der Waals surface area contributed by atoms with E-state index in [0.29, 0.717) is 0 Å². The van der Waals surface area contributed by atoms with Crippen molar-refractivity contribution in [3.63, 3.8) is 0 Å². The van der Waals surface area contributed by atoms with E-state index in [4.69, 9.17) is 10.0 Å². The molecule has 0 saturated heterocycles. The van der Waals surface area contributed by atoms with E-state index in [-0.39, 0.29) is 5.31 Å². The molecule has 1 saturated carbocycles. The van der Waals surface area contributed by atoms with E-state index >= 15 is 0 Å². The normalized spacial score (nSPS) is 19.9. The minimum atomic E-state index is -1.07. The van der Waals surface area contributed by atoms with Gasteiger partial charge in [0.1, 0.15) is 0 Å². The van der Waals surface area contributed by atoms with E-state index in [1.807, 2.05) is 0 Å². The van der Waals surface area contributed by atoms with Gasteiger partial charge in [-0.3, -0.25) is 0 Å². The van der Waals surface area contributed by atoms with Crippen LogP contribution in [0.3, 0.4) is 0 Å². The van der Waals surface area contributed by atoms with Crippen molar-refractivity contribution in [3.05, 3.63) is 0 Å². The molecule has 11 heavy (non-hydrogen) atoms. The highest BCUT2D eigenvalue weighted by molar-refractivity contribution is 6.46. The lowest BCUT2D eigenvalue weighted by atomic mass is 9.66. The van der Waals surface area contributed by atoms with Gasteiger partial charge in [-0.05, 0) is 19.3 Å². The highest BCUT2D eigenvalue weighted by atomic mass is 16.4. The zero-order valence-electron chi connectivity index (χ0n) is 7.21. The van der Waals surface area contributed by atoms with Crippen LogP contribution in [0.2, 0.25) is 5.31 Å². The van der Waals surface area contributed by atoms with Crippen LogP contribution in [-0.4, -0.2) is 17.2 Å². The number of unbranched alkanes of at least 4 members (excludes halogenated alkanes) is 2. The molecule has 0 aromatic rings. The van der Waals surface area contributed by atoms with Gasteiger partial charge in [-0.1, -0.05) is 26.2 Å². The summed E-state index contributed by atoms with van der Waals surface area (Å²) in [7, 11) is -1.07. The average Bonchev–Trinajstić information content (AvgIpc) is 2.70. The molecule has 0 radical (unpaired) electrons. The fraction of sp³-hybridized carbons (Fsp3) is 1.00. The van der Waals surface area contributed by atoms with Gasteiger partial charge in [0.25, 0.3) is 0 Å². The Morgan fingerprint density at radius 3 is 2.27 bits per heavy atom. The lowest BCUT2D eigenvalue weighted by Gasteiger charge is -2.12. The lowest BCUT2D eigenvalue weighted by Crippen LogP contribution is -2.21. The molecule has 0 spiro atoms. The van der Waals surface area contributed by atoms with Crippen LogP contribution in [0.25, 0.3) is 0 Å². The second kappa shape index (κ2) is 3.59. The molecule has 1 aliphatic carbocycles. The topological polar surface area (TPSA) is 40.5 Å². The predicted octanol–water partition coefficient (Wildman–Crippen LogP) is 1.57. The van der Waals surface area contributed by atoms with Crippen LogP contribution in [0.1, 0.15) is 45.4 Å². The summed E-state index contributed by atoms with van der Waals surface area (Å²) in [5.41, 5.74) is 0. The van der Waals surface area contributed by atoms with Crippen molar-refractivity contribution in [1.82, 2.24) is 0 Å². The van der Waals surface area contributed by atoms with E-state index in [2.05, 4.69) is 6.92 Å². The third kappa shape index (κ3) is 2.21. The minimum absolute atomic E-state index is 0.0881. The van der Waals surface area contributed by atoms with Crippen molar-refractivity contribution in [2.45, 2.75) is 50.8 Å². The number of rotatable bonds is 5. The third-order valence-corrected chi connectivity index (χ3v) is 2.72. The van der Waals surface area contributed by atoms with Crippen LogP contribution in [0.15, 0.2) is 0 Å². The van der Waals surface area contributed by atoms with Gasteiger partial charge in [0.15, 0.2) is 0 Å². The van der Waals surface area contributed by atoms with Crippen molar-refractivity contribution in [1.29, 1.82) is 0 Å². The van der Waals surface area contributed by atoms with Gasteiger partial charge in [0.05, 0.1) is 0 Å². The molecule has 2 N–H and O–H groups in total. The first-order valence-electron chi connectivity index (χ1n) is 4.57. The summed E-state index contributed by atoms with van der Waals surface area (Å²) >= 11 is 0. The van der Waals surface area contributed by atoms with E-state index in [9.17, 15) is 0 Å². The van der Waals surface area contributed by atoms with Crippen molar-refractivity contribution in [3.8, 4) is 0 Å². The van der Waals surface area contributed by atoms with Gasteiger partial charge in [-0.25, -0.2) is 0 Å². The second-order valence-corrected chi connectivity index (χ2v) is 3.69. The molecule has 0 heterocycles. The summed E-state index contributed by atoms with van der Waals surface area (Å²) in [6.45, 7) is 2.16. The fourth-order valence-electron chi connectivity index (χ4n) is 1.52. The molecule has 1 aliphatic rings. The van der Waals surface area contributed by atoms with Crippen LogP contribution in [0, 0.1) is 0 Å². The molecular formula is C8H17BO2. The first kappa shape index (κ1) is 9.08. The SMILES string of the molecule is CCCCCC1(B(O)O)CC1. The third-order valence-electron chi connectivity index (χ3n) is 2.72. The molecule has 0 amide bonds. The van der Waals surface area contributed by atoms with Gasteiger partial charge in [0, 0.05) is 5.31 Å². The monoisotopic (exact) mass is 156 g/mol. The quantitative estimate of drug-likeness (QED) is 0.468. The Morgan fingerprint density at radius 2 is 1.91 bits per heavy atom. The first-order chi connectivity index (χ1) is 5.21. The van der Waals surface area contributed by atoms with E-state index in [0.717, 1.165) is 25.7 Å². The van der Waals surface area contributed by atoms with Crippen LogP contribution >= 0.6 is 0 Å². The molecular weight excluding hydrogens is 139 g/mol. The standard InChI is InChI=1S/C8H17BO2/c1-2-3-4-5-8(6-7-8)9(10)11/h10-11H,2-7H2,1H3. The second-order valence-electron chi connectivity index (χ2n) is 3.69. The lowest BCUT2D eigenvalue weighted by molar-refractivity contribution is 0.369. The molecule has 0 aromatic carbocycles. The van der Waals surface area contributed by atoms with Crippen molar-refractivity contribution >= 4 is 7.12 Å². The molecule has 0 atom stereocenters. The van der Waals surface area contributed by atoms with Gasteiger partial charge in [-0.2, -0.15) is 0 Å². The molecule has 0 bridgehead atoms. The fourth-order valence-corrected chi connectivity index (χ4v) is 1.52. The molecule has 64 valence electrons. The molecule has 1 rings (SSSR count). The summed E-state index contributed by atoms with van der Waals surface area (Å²) in [6, 6.07) is 0. The number of hydrogen-bond donors (Lipinski definition) is 2. The smallest absolute Gasteiger partial charge is 0.427 e. The van der Waals surface area contributed by atoms with Crippen molar-refractivity contribution < 1.29 is 10.0 Å². The Bertz CT molecular complexity index is 121. The summed E-state index contributed by atoms with van der Waals surface area (Å²) < 4.78 is 0. The van der Waals surface area contributed by atoms with Crippen molar-refractivity contribution in [2.24, 2.45) is 0 Å². The van der Waals surface area contributed by atoms with Gasteiger partial charge < -0.3 is 10.0 Å². The van der Waals surface area contributed by atoms with Crippen LogP contribution < -0.4 is 0 Å². The largest absolute Gasteiger partial charge is 0.458 e. The molecule has 2 nitrogen and oxygen atoms in total. The zero-order chi connectivity index (χ0) is 8.32. The van der Waals surface area contributed by atoms with Crippen LogP contribution in [0.4, 0.5) is 0 Å². The summed E-state index contributed by atoms with van der Waals surface area (Å²) in [5, 5.41) is 17.9. The number of hydrogen-bond acceptors (Lipinski definition) is 2. The first-order valence-corrected chi connectivity index (χ1v) is 4.57. The summed E-state index contributed by atoms with van der Waals surface area (Å²) in [5.74, 6) is 0. The molecule has 1 fully saturated rings. The zero-order valence-corrected chi connectivity index (χ0v) is 7.21. The Balaban J connectivity index is 2.14. The average molecular weight is 156 g/mol. The van der Waals surface area contributed by atoms with E-state index in [1.165, 1.54) is 12.8 Å². The summed E-state index contributed by atoms with van der Waals surface area (Å²) in [4.78, 5) is 0. The highest BCUT2D eigenvalue weighted by Gasteiger charge is 2.51. The summed E-state index contributed by atoms with van der Waals surface area (Å²) in [6.07, 6.45) is 6.58. The molecule has 0 unspecified atom stereocenters. The Morgan fingerprint density at radius 1 is 1.27 bits per heavy atom. The van der Waals surface area contributed by atoms with Crippen molar-refractivity contribution in [2.75, 3.05) is 0 Å². The Kier molecular flexibility index (Phi) is 2.96. The van der Waals surface area contributed by atoms with Gasteiger partial charge >= 0.3 is 7.12 Å². The molecule has 0 aliphatic heterocycles. The maximum absolute atomic E-state index is 9.00. The minimum Gasteiger partial charge on any atom is -0.427 e. The Labute approximate surface area is 68.8 Å².